The first-order chi connectivity index (χ1) is 12.7. The fraction of sp³-hybridized carbons (Fsp3) is 0.762. The van der Waals surface area contributed by atoms with E-state index in [1.165, 1.54) is 56.7 Å². The van der Waals surface area contributed by atoms with Gasteiger partial charge >= 0.3 is 0 Å². The number of nitrogens with one attached hydrogen (secondary N) is 1. The fourth-order valence-electron chi connectivity index (χ4n) is 4.71. The Labute approximate surface area is 161 Å². The monoisotopic (exact) mass is 376 g/mol. The maximum atomic E-state index is 12.4. The maximum absolute atomic E-state index is 12.4. The Morgan fingerprint density at radius 3 is 2.73 bits per heavy atom. The zero-order valence-electron chi connectivity index (χ0n) is 16.0. The van der Waals surface area contributed by atoms with Crippen molar-refractivity contribution in [1.82, 2.24) is 10.2 Å². The van der Waals surface area contributed by atoms with Crippen LogP contribution in [0.4, 0.5) is 0 Å². The molecule has 144 valence electrons. The lowest BCUT2D eigenvalue weighted by Gasteiger charge is -2.43. The molecule has 2 saturated carbocycles. The van der Waals surface area contributed by atoms with Crippen molar-refractivity contribution in [2.45, 2.75) is 63.3 Å². The highest BCUT2D eigenvalue weighted by Gasteiger charge is 2.40. The van der Waals surface area contributed by atoms with Crippen LogP contribution in [-0.4, -0.2) is 47.5 Å². The summed E-state index contributed by atoms with van der Waals surface area (Å²) < 4.78 is 5.93. The molecule has 0 bridgehead atoms. The average molecular weight is 377 g/mol. The molecule has 2 aliphatic carbocycles. The van der Waals surface area contributed by atoms with E-state index in [9.17, 15) is 4.79 Å². The second kappa shape index (κ2) is 7.97. The number of aryl methyl sites for hydroxylation is 1. The lowest BCUT2D eigenvalue weighted by atomic mass is 9.94. The van der Waals surface area contributed by atoms with E-state index in [4.69, 9.17) is 4.42 Å². The molecule has 2 atom stereocenters. The molecule has 1 aromatic heterocycles. The summed E-state index contributed by atoms with van der Waals surface area (Å²) in [5.41, 5.74) is 0.219. The number of hydrogen-bond acceptors (Lipinski definition) is 4. The highest BCUT2D eigenvalue weighted by molar-refractivity contribution is 7.99. The highest BCUT2D eigenvalue weighted by atomic mass is 32.2. The Hall–Kier alpha value is -0.940. The molecule has 1 amide bonds. The molecular weight excluding hydrogens is 344 g/mol. The Morgan fingerprint density at radius 1 is 1.31 bits per heavy atom. The summed E-state index contributed by atoms with van der Waals surface area (Å²) in [6.45, 7) is 5.43. The highest BCUT2D eigenvalue weighted by Crippen LogP contribution is 2.47. The molecule has 2 unspecified atom stereocenters. The van der Waals surface area contributed by atoms with E-state index < -0.39 is 0 Å². The van der Waals surface area contributed by atoms with E-state index in [0.29, 0.717) is 18.8 Å². The van der Waals surface area contributed by atoms with Crippen LogP contribution >= 0.6 is 11.8 Å². The van der Waals surface area contributed by atoms with Crippen LogP contribution in [0.15, 0.2) is 16.5 Å². The lowest BCUT2D eigenvalue weighted by molar-refractivity contribution is -0.121. The van der Waals surface area contributed by atoms with Crippen molar-refractivity contribution in [1.29, 1.82) is 0 Å². The largest absolute Gasteiger partial charge is 0.466 e. The van der Waals surface area contributed by atoms with Gasteiger partial charge in [-0.3, -0.25) is 9.69 Å². The predicted molar refractivity (Wildman–Crippen MR) is 107 cm³/mol. The molecule has 0 spiro atoms. The number of thioether (sulfide) groups is 1. The van der Waals surface area contributed by atoms with Gasteiger partial charge in [0.15, 0.2) is 0 Å². The molecule has 4 rings (SSSR count). The number of hydrogen-bond donors (Lipinski definition) is 1. The minimum Gasteiger partial charge on any atom is -0.466 e. The zero-order valence-corrected chi connectivity index (χ0v) is 16.8. The molecule has 26 heavy (non-hydrogen) atoms. The smallest absolute Gasteiger partial charge is 0.220 e. The molecular formula is C21H32N2O2S. The molecule has 5 heteroatoms. The number of carbonyl (C=O) groups is 1. The second-order valence-corrected chi connectivity index (χ2v) is 9.66. The molecule has 1 aromatic rings. The lowest BCUT2D eigenvalue weighted by Crippen LogP contribution is -2.56. The van der Waals surface area contributed by atoms with Gasteiger partial charge in [0.05, 0.1) is 0 Å². The minimum absolute atomic E-state index is 0.167. The maximum Gasteiger partial charge on any atom is 0.220 e. The number of nitrogens with zero attached hydrogens (tertiary/aromatic N) is 1. The van der Waals surface area contributed by atoms with Crippen molar-refractivity contribution < 1.29 is 9.21 Å². The fourth-order valence-corrected chi connectivity index (χ4v) is 5.61. The topological polar surface area (TPSA) is 45.5 Å². The number of carbonyl (C=O) groups excluding carboxylic acids is 1. The van der Waals surface area contributed by atoms with E-state index >= 15 is 0 Å². The van der Waals surface area contributed by atoms with Crippen LogP contribution in [0.3, 0.4) is 0 Å². The Balaban J connectivity index is 1.25. The van der Waals surface area contributed by atoms with E-state index in [-0.39, 0.29) is 11.4 Å². The third-order valence-electron chi connectivity index (χ3n) is 6.59. The SMILES string of the molecule is CC1CC1c1ccc(CCC(=O)NCC2(N3CCSCC3)CCCC2)o1. The average Bonchev–Trinajstić information content (AvgIpc) is 3.08. The molecule has 4 nitrogen and oxygen atoms in total. The summed E-state index contributed by atoms with van der Waals surface area (Å²) in [6.07, 6.45) is 7.55. The minimum atomic E-state index is 0.167. The summed E-state index contributed by atoms with van der Waals surface area (Å²) in [5.74, 6) is 6.07. The summed E-state index contributed by atoms with van der Waals surface area (Å²) in [7, 11) is 0. The molecule has 1 saturated heterocycles. The molecule has 2 heterocycles. The molecule has 3 aliphatic rings. The van der Waals surface area contributed by atoms with Gasteiger partial charge in [0, 0.05) is 55.4 Å². The van der Waals surface area contributed by atoms with Crippen LogP contribution < -0.4 is 5.32 Å². The zero-order chi connectivity index (χ0) is 18.0. The Morgan fingerprint density at radius 2 is 2.04 bits per heavy atom. The van der Waals surface area contributed by atoms with Crippen molar-refractivity contribution in [3.8, 4) is 0 Å². The van der Waals surface area contributed by atoms with Crippen LogP contribution in [0.25, 0.3) is 0 Å². The van der Waals surface area contributed by atoms with Crippen molar-refractivity contribution >= 4 is 17.7 Å². The normalized spacial score (nSPS) is 28.2. The summed E-state index contributed by atoms with van der Waals surface area (Å²) in [5, 5.41) is 3.25. The molecule has 1 aliphatic heterocycles. The van der Waals surface area contributed by atoms with Crippen LogP contribution in [0.1, 0.15) is 62.9 Å². The summed E-state index contributed by atoms with van der Waals surface area (Å²) >= 11 is 2.06. The number of amides is 1. The standard InChI is InChI=1S/C21H32N2O2S/c1-16-14-18(16)19-6-4-17(25-19)5-7-20(24)22-15-21(8-2-3-9-21)23-10-12-26-13-11-23/h4,6,16,18H,2-3,5,7-15H2,1H3,(H,22,24). The van der Waals surface area contributed by atoms with Crippen LogP contribution in [0, 0.1) is 5.92 Å². The van der Waals surface area contributed by atoms with Gasteiger partial charge in [-0.1, -0.05) is 19.8 Å². The van der Waals surface area contributed by atoms with Gasteiger partial charge in [0.2, 0.25) is 5.91 Å². The number of rotatable bonds is 7. The van der Waals surface area contributed by atoms with Crippen LogP contribution in [0.2, 0.25) is 0 Å². The molecule has 3 fully saturated rings. The van der Waals surface area contributed by atoms with Crippen LogP contribution in [0.5, 0.6) is 0 Å². The third-order valence-corrected chi connectivity index (χ3v) is 7.53. The van der Waals surface area contributed by atoms with E-state index in [0.717, 1.165) is 24.0 Å². The van der Waals surface area contributed by atoms with Crippen molar-refractivity contribution in [2.24, 2.45) is 5.92 Å². The van der Waals surface area contributed by atoms with E-state index in [2.05, 4.69) is 41.0 Å². The summed E-state index contributed by atoms with van der Waals surface area (Å²) in [4.78, 5) is 15.1. The van der Waals surface area contributed by atoms with Gasteiger partial charge in [-0.2, -0.15) is 11.8 Å². The van der Waals surface area contributed by atoms with Crippen molar-refractivity contribution in [2.75, 3.05) is 31.1 Å². The first-order valence-electron chi connectivity index (χ1n) is 10.3. The summed E-state index contributed by atoms with van der Waals surface area (Å²) in [6, 6.07) is 4.15. The van der Waals surface area contributed by atoms with E-state index in [1.54, 1.807) is 0 Å². The van der Waals surface area contributed by atoms with Crippen molar-refractivity contribution in [3.63, 3.8) is 0 Å². The first kappa shape index (κ1) is 18.4. The Kier molecular flexibility index (Phi) is 5.65. The van der Waals surface area contributed by atoms with Gasteiger partial charge in [-0.15, -0.1) is 0 Å². The molecule has 1 N–H and O–H groups in total. The van der Waals surface area contributed by atoms with E-state index in [1.807, 2.05) is 0 Å². The van der Waals surface area contributed by atoms with Gasteiger partial charge < -0.3 is 9.73 Å². The second-order valence-electron chi connectivity index (χ2n) is 8.43. The van der Waals surface area contributed by atoms with Gasteiger partial charge in [0.25, 0.3) is 0 Å². The first-order valence-corrected chi connectivity index (χ1v) is 11.5. The van der Waals surface area contributed by atoms with Crippen molar-refractivity contribution in [3.05, 3.63) is 23.7 Å². The Bertz CT molecular complexity index is 617. The van der Waals surface area contributed by atoms with Gasteiger partial charge in [-0.25, -0.2) is 0 Å². The van der Waals surface area contributed by atoms with Gasteiger partial charge in [0.1, 0.15) is 11.5 Å². The quantitative estimate of drug-likeness (QED) is 0.786. The molecule has 0 radical (unpaired) electrons. The number of furan rings is 1. The van der Waals surface area contributed by atoms with Crippen LogP contribution in [-0.2, 0) is 11.2 Å². The predicted octanol–water partition coefficient (Wildman–Crippen LogP) is 3.81. The molecule has 0 aromatic carbocycles. The third kappa shape index (κ3) is 4.14. The van der Waals surface area contributed by atoms with Gasteiger partial charge in [-0.05, 0) is 37.3 Å².